The minimum Gasteiger partial charge on any atom is -0.496 e. The number of amides is 1. The zero-order valence-corrected chi connectivity index (χ0v) is 14.4. The van der Waals surface area contributed by atoms with Gasteiger partial charge in [0.15, 0.2) is 11.5 Å². The van der Waals surface area contributed by atoms with Gasteiger partial charge in [-0.2, -0.15) is 0 Å². The Balaban J connectivity index is 1.40. The van der Waals surface area contributed by atoms with Crippen LogP contribution in [0.15, 0.2) is 34.9 Å². The molecule has 6 nitrogen and oxygen atoms in total. The summed E-state index contributed by atoms with van der Waals surface area (Å²) >= 11 is 0. The molecule has 2 N–H and O–H groups in total. The quantitative estimate of drug-likeness (QED) is 0.894. The van der Waals surface area contributed by atoms with Crippen LogP contribution in [-0.2, 0) is 0 Å². The van der Waals surface area contributed by atoms with Crippen molar-refractivity contribution in [2.75, 3.05) is 20.2 Å². The number of hydrogen-bond donors (Lipinski definition) is 2. The second-order valence-corrected chi connectivity index (χ2v) is 7.11. The maximum atomic E-state index is 12.4. The zero-order chi connectivity index (χ0) is 17.3. The molecule has 1 aliphatic carbocycles. The molecule has 6 heteroatoms. The number of nitrogens with one attached hydrogen (secondary N) is 2. The number of hydrogen-bond acceptors (Lipinski definition) is 5. The fourth-order valence-corrected chi connectivity index (χ4v) is 4.07. The van der Waals surface area contributed by atoms with E-state index in [1.54, 1.807) is 13.2 Å². The molecule has 4 rings (SSSR count). The Bertz CT molecular complexity index is 757. The molecule has 1 saturated carbocycles. The number of ether oxygens (including phenoxy) is 1. The first-order valence-electron chi connectivity index (χ1n) is 8.81. The van der Waals surface area contributed by atoms with Crippen molar-refractivity contribution in [3.8, 4) is 17.1 Å². The third-order valence-corrected chi connectivity index (χ3v) is 5.47. The first-order valence-corrected chi connectivity index (χ1v) is 8.81. The molecule has 2 heterocycles. The molecular formula is C19H23N3O3. The molecule has 1 amide bonds. The van der Waals surface area contributed by atoms with Crippen LogP contribution in [-0.4, -0.2) is 37.3 Å². The number of para-hydroxylation sites is 1. The molecule has 1 saturated heterocycles. The van der Waals surface area contributed by atoms with E-state index in [0.717, 1.165) is 31.5 Å². The molecule has 0 radical (unpaired) electrons. The predicted octanol–water partition coefficient (Wildman–Crippen LogP) is 2.61. The summed E-state index contributed by atoms with van der Waals surface area (Å²) in [5, 5.41) is 10.4. The van der Waals surface area contributed by atoms with Gasteiger partial charge in [0.1, 0.15) is 5.75 Å². The Morgan fingerprint density at radius 1 is 1.32 bits per heavy atom. The number of carbonyl (C=O) groups is 1. The van der Waals surface area contributed by atoms with E-state index in [-0.39, 0.29) is 11.9 Å². The molecule has 25 heavy (non-hydrogen) atoms. The SMILES string of the molecule is COc1ccccc1-c1cc(C(=O)NC2CC3(CCNCC3)C2)no1. The Morgan fingerprint density at radius 2 is 2.08 bits per heavy atom. The van der Waals surface area contributed by atoms with Crippen LogP contribution in [0.3, 0.4) is 0 Å². The highest BCUT2D eigenvalue weighted by molar-refractivity contribution is 5.93. The molecule has 1 aliphatic heterocycles. The van der Waals surface area contributed by atoms with Crippen molar-refractivity contribution in [2.24, 2.45) is 5.41 Å². The van der Waals surface area contributed by atoms with Crippen molar-refractivity contribution in [3.63, 3.8) is 0 Å². The number of benzene rings is 1. The van der Waals surface area contributed by atoms with Crippen LogP contribution in [0.1, 0.15) is 36.2 Å². The lowest BCUT2D eigenvalue weighted by atomic mass is 9.60. The second kappa shape index (κ2) is 6.52. The van der Waals surface area contributed by atoms with Crippen LogP contribution in [0.2, 0.25) is 0 Å². The van der Waals surface area contributed by atoms with E-state index in [2.05, 4.69) is 15.8 Å². The third kappa shape index (κ3) is 3.14. The van der Waals surface area contributed by atoms with Gasteiger partial charge in [-0.15, -0.1) is 0 Å². The van der Waals surface area contributed by atoms with Crippen LogP contribution in [0.25, 0.3) is 11.3 Å². The highest BCUT2D eigenvalue weighted by Gasteiger charge is 2.45. The number of rotatable bonds is 4. The van der Waals surface area contributed by atoms with E-state index in [0.29, 0.717) is 22.6 Å². The van der Waals surface area contributed by atoms with E-state index in [1.165, 1.54) is 12.8 Å². The van der Waals surface area contributed by atoms with Crippen LogP contribution in [0, 0.1) is 5.41 Å². The Kier molecular flexibility index (Phi) is 4.21. The van der Waals surface area contributed by atoms with Crippen molar-refractivity contribution in [3.05, 3.63) is 36.0 Å². The largest absolute Gasteiger partial charge is 0.496 e. The van der Waals surface area contributed by atoms with Crippen molar-refractivity contribution in [2.45, 2.75) is 31.7 Å². The zero-order valence-electron chi connectivity index (χ0n) is 14.4. The first kappa shape index (κ1) is 16.1. The van der Waals surface area contributed by atoms with Crippen LogP contribution in [0.5, 0.6) is 5.75 Å². The van der Waals surface area contributed by atoms with E-state index < -0.39 is 0 Å². The second-order valence-electron chi connectivity index (χ2n) is 7.11. The topological polar surface area (TPSA) is 76.4 Å². The fourth-order valence-electron chi connectivity index (χ4n) is 4.07. The number of methoxy groups -OCH3 is 1. The average Bonchev–Trinajstić information content (AvgIpc) is 3.11. The minimum atomic E-state index is -0.168. The molecule has 1 aromatic heterocycles. The van der Waals surface area contributed by atoms with Gasteiger partial charge in [0, 0.05) is 12.1 Å². The predicted molar refractivity (Wildman–Crippen MR) is 93.5 cm³/mol. The number of piperidine rings is 1. The standard InChI is InChI=1S/C19H23N3O3/c1-24-16-5-3-2-4-14(16)17-10-15(22-25-17)18(23)21-13-11-19(12-13)6-8-20-9-7-19/h2-5,10,13,20H,6-9,11-12H2,1H3,(H,21,23). The summed E-state index contributed by atoms with van der Waals surface area (Å²) in [4.78, 5) is 12.4. The molecule has 1 spiro atoms. The van der Waals surface area contributed by atoms with Gasteiger partial charge in [-0.1, -0.05) is 17.3 Å². The van der Waals surface area contributed by atoms with Crippen LogP contribution in [0.4, 0.5) is 0 Å². The smallest absolute Gasteiger partial charge is 0.273 e. The van der Waals surface area contributed by atoms with E-state index in [1.807, 2.05) is 24.3 Å². The van der Waals surface area contributed by atoms with Gasteiger partial charge < -0.3 is 19.9 Å². The summed E-state index contributed by atoms with van der Waals surface area (Å²) in [6.07, 6.45) is 4.55. The molecule has 0 unspecified atom stereocenters. The van der Waals surface area contributed by atoms with Gasteiger partial charge >= 0.3 is 0 Å². The van der Waals surface area contributed by atoms with E-state index in [9.17, 15) is 4.79 Å². The molecule has 2 aliphatic rings. The summed E-state index contributed by atoms with van der Waals surface area (Å²) in [5.41, 5.74) is 1.54. The van der Waals surface area contributed by atoms with Gasteiger partial charge in [0.25, 0.3) is 5.91 Å². The maximum Gasteiger partial charge on any atom is 0.273 e. The van der Waals surface area contributed by atoms with Crippen molar-refractivity contribution < 1.29 is 14.1 Å². The van der Waals surface area contributed by atoms with Gasteiger partial charge in [-0.25, -0.2) is 0 Å². The van der Waals surface area contributed by atoms with Gasteiger partial charge in [-0.05, 0) is 56.3 Å². The lowest BCUT2D eigenvalue weighted by Gasteiger charge is -2.50. The summed E-state index contributed by atoms with van der Waals surface area (Å²) in [5.74, 6) is 1.06. The van der Waals surface area contributed by atoms with Crippen molar-refractivity contribution in [1.82, 2.24) is 15.8 Å². The van der Waals surface area contributed by atoms with Gasteiger partial charge in [0.05, 0.1) is 12.7 Å². The highest BCUT2D eigenvalue weighted by atomic mass is 16.5. The first-order chi connectivity index (χ1) is 12.2. The Morgan fingerprint density at radius 3 is 2.84 bits per heavy atom. The minimum absolute atomic E-state index is 0.168. The molecule has 0 atom stereocenters. The van der Waals surface area contributed by atoms with Crippen LogP contribution < -0.4 is 15.4 Å². The normalized spacial score (nSPS) is 19.4. The Labute approximate surface area is 146 Å². The lowest BCUT2D eigenvalue weighted by molar-refractivity contribution is 0.0420. The molecular weight excluding hydrogens is 318 g/mol. The monoisotopic (exact) mass is 341 g/mol. The van der Waals surface area contributed by atoms with Crippen LogP contribution >= 0.6 is 0 Å². The molecule has 2 fully saturated rings. The van der Waals surface area contributed by atoms with E-state index >= 15 is 0 Å². The number of carbonyl (C=O) groups excluding carboxylic acids is 1. The highest BCUT2D eigenvalue weighted by Crippen LogP contribution is 2.47. The lowest BCUT2D eigenvalue weighted by Crippen LogP contribution is -2.54. The summed E-state index contributed by atoms with van der Waals surface area (Å²) in [6, 6.07) is 9.44. The third-order valence-electron chi connectivity index (χ3n) is 5.47. The molecule has 0 bridgehead atoms. The molecule has 2 aromatic rings. The summed E-state index contributed by atoms with van der Waals surface area (Å²) in [6.45, 7) is 2.18. The average molecular weight is 341 g/mol. The summed E-state index contributed by atoms with van der Waals surface area (Å²) < 4.78 is 10.7. The van der Waals surface area contributed by atoms with Crippen molar-refractivity contribution >= 4 is 5.91 Å². The fraction of sp³-hybridized carbons (Fsp3) is 0.474. The summed E-state index contributed by atoms with van der Waals surface area (Å²) in [7, 11) is 1.61. The van der Waals surface area contributed by atoms with Gasteiger partial charge in [-0.3, -0.25) is 4.79 Å². The van der Waals surface area contributed by atoms with E-state index in [4.69, 9.17) is 9.26 Å². The van der Waals surface area contributed by atoms with Gasteiger partial charge in [0.2, 0.25) is 0 Å². The molecule has 132 valence electrons. The maximum absolute atomic E-state index is 12.4. The van der Waals surface area contributed by atoms with Crippen molar-refractivity contribution in [1.29, 1.82) is 0 Å². The number of aromatic nitrogens is 1. The Hall–Kier alpha value is -2.34. The number of nitrogens with zero attached hydrogens (tertiary/aromatic N) is 1. The molecule has 1 aromatic carbocycles.